The zero-order valence-electron chi connectivity index (χ0n) is 17.5. The van der Waals surface area contributed by atoms with E-state index < -0.39 is 27.0 Å². The fraction of sp³-hybridized carbons (Fsp3) is 0.286. The fourth-order valence-electron chi connectivity index (χ4n) is 2.82. The molecule has 0 spiro atoms. The molecule has 0 N–H and O–H groups in total. The topological polar surface area (TPSA) is 94.8 Å². The number of fused-ring (bicyclic) bond motifs is 1. The maximum absolute atomic E-state index is 12.8. The number of carbonyl (C=O) groups excluding carboxylic acids is 2. The highest BCUT2D eigenvalue weighted by Gasteiger charge is 2.19. The van der Waals surface area contributed by atoms with Crippen molar-refractivity contribution in [3.05, 3.63) is 52.8 Å². The molecule has 0 saturated heterocycles. The van der Waals surface area contributed by atoms with Crippen molar-refractivity contribution in [3.8, 4) is 0 Å². The van der Waals surface area contributed by atoms with Gasteiger partial charge >= 0.3 is 5.97 Å². The van der Waals surface area contributed by atoms with Crippen molar-refractivity contribution >= 4 is 55.0 Å². The number of benzene rings is 2. The average molecular weight is 479 g/mol. The smallest absolute Gasteiger partial charge is 0.325 e. The van der Waals surface area contributed by atoms with Gasteiger partial charge < -0.3 is 9.30 Å². The first-order valence-corrected chi connectivity index (χ1v) is 12.9. The van der Waals surface area contributed by atoms with Crippen molar-refractivity contribution in [2.75, 3.05) is 13.4 Å². The van der Waals surface area contributed by atoms with Crippen LogP contribution in [0, 0.1) is 0 Å². The second-order valence-electron chi connectivity index (χ2n) is 6.92. The van der Waals surface area contributed by atoms with E-state index in [0.29, 0.717) is 4.80 Å². The number of methoxy groups -OCH3 is 1. The predicted molar refractivity (Wildman–Crippen MR) is 122 cm³/mol. The number of nitrogens with zero attached hydrogens (tertiary/aromatic N) is 2. The summed E-state index contributed by atoms with van der Waals surface area (Å²) in [6, 6.07) is 11.5. The summed E-state index contributed by atoms with van der Waals surface area (Å²) in [6.07, 6.45) is 1.97. The number of rotatable bonds is 6. The van der Waals surface area contributed by atoms with Crippen molar-refractivity contribution in [1.29, 1.82) is 0 Å². The number of thiazole rings is 1. The molecule has 164 valence electrons. The van der Waals surface area contributed by atoms with Crippen molar-refractivity contribution in [1.82, 2.24) is 4.57 Å². The molecular weight excluding hydrogens is 456 g/mol. The summed E-state index contributed by atoms with van der Waals surface area (Å²) in [4.78, 5) is 30.5. The summed E-state index contributed by atoms with van der Waals surface area (Å²) < 4.78 is 31.9. The van der Waals surface area contributed by atoms with Crippen LogP contribution < -0.4 is 4.80 Å². The Morgan fingerprint density at radius 3 is 2.42 bits per heavy atom. The number of sulfone groups is 1. The number of hydrogen-bond acceptors (Lipinski definition) is 7. The van der Waals surface area contributed by atoms with Gasteiger partial charge in [0.1, 0.15) is 6.54 Å². The molecule has 1 amide bonds. The van der Waals surface area contributed by atoms with Crippen molar-refractivity contribution < 1.29 is 22.7 Å². The quantitative estimate of drug-likeness (QED) is 0.397. The lowest BCUT2D eigenvalue weighted by molar-refractivity contribution is -0.141. The van der Waals surface area contributed by atoms with Gasteiger partial charge in [-0.2, -0.15) is 4.99 Å². The van der Waals surface area contributed by atoms with E-state index in [1.165, 1.54) is 42.7 Å². The first-order chi connectivity index (χ1) is 14.7. The third kappa shape index (κ3) is 4.91. The lowest BCUT2D eigenvalue weighted by Gasteiger charge is -2.07. The Morgan fingerprint density at radius 2 is 1.84 bits per heavy atom. The molecule has 0 aliphatic heterocycles. The van der Waals surface area contributed by atoms with E-state index in [4.69, 9.17) is 4.74 Å². The molecule has 7 nitrogen and oxygen atoms in total. The lowest BCUT2D eigenvalue weighted by Crippen LogP contribution is -2.22. The Hall–Kier alpha value is -2.43. The second-order valence-corrected chi connectivity index (χ2v) is 11.3. The van der Waals surface area contributed by atoms with Crippen molar-refractivity contribution in [2.24, 2.45) is 4.99 Å². The third-order valence-electron chi connectivity index (χ3n) is 4.65. The van der Waals surface area contributed by atoms with E-state index in [0.717, 1.165) is 15.1 Å². The average Bonchev–Trinajstić information content (AvgIpc) is 3.09. The third-order valence-corrected chi connectivity index (χ3v) is 8.59. The van der Waals surface area contributed by atoms with Crippen LogP contribution in [0.3, 0.4) is 0 Å². The highest BCUT2D eigenvalue weighted by Crippen LogP contribution is 2.24. The van der Waals surface area contributed by atoms with Gasteiger partial charge in [0.05, 0.1) is 27.5 Å². The van der Waals surface area contributed by atoms with Crippen LogP contribution in [-0.4, -0.2) is 43.5 Å². The number of hydrogen-bond donors (Lipinski definition) is 0. The minimum absolute atomic E-state index is 0.0766. The standard InChI is InChI=1S/C21H22N2O5S3/c1-13(2)31(26,27)16-8-5-14(6-9-16)20(25)22-21-23(12-19(24)28-3)17-10-7-15(29-4)11-18(17)30-21/h5-11,13H,12H2,1-4H3. The highest BCUT2D eigenvalue weighted by molar-refractivity contribution is 7.98. The highest BCUT2D eigenvalue weighted by atomic mass is 32.2. The van der Waals surface area contributed by atoms with Crippen molar-refractivity contribution in [2.45, 2.75) is 35.4 Å². The van der Waals surface area contributed by atoms with Gasteiger partial charge in [-0.15, -0.1) is 11.8 Å². The Bertz CT molecular complexity index is 1300. The Kier molecular flexibility index (Phi) is 7.03. The van der Waals surface area contributed by atoms with Gasteiger partial charge in [0.25, 0.3) is 5.91 Å². The van der Waals surface area contributed by atoms with E-state index >= 15 is 0 Å². The van der Waals surface area contributed by atoms with Gasteiger partial charge in [-0.1, -0.05) is 11.3 Å². The molecule has 2 aromatic carbocycles. The fourth-order valence-corrected chi connectivity index (χ4v) is 5.46. The number of amides is 1. The Morgan fingerprint density at radius 1 is 1.16 bits per heavy atom. The monoisotopic (exact) mass is 478 g/mol. The summed E-state index contributed by atoms with van der Waals surface area (Å²) in [7, 11) is -2.12. The van der Waals surface area contributed by atoms with Crippen LogP contribution in [0.15, 0.2) is 57.2 Å². The van der Waals surface area contributed by atoms with Gasteiger partial charge in [0.15, 0.2) is 14.6 Å². The van der Waals surface area contributed by atoms with Gasteiger partial charge in [-0.3, -0.25) is 9.59 Å². The molecule has 31 heavy (non-hydrogen) atoms. The molecule has 0 radical (unpaired) electrons. The molecule has 3 rings (SSSR count). The molecule has 0 aliphatic carbocycles. The summed E-state index contributed by atoms with van der Waals surface area (Å²) in [5, 5.41) is -0.555. The van der Waals surface area contributed by atoms with E-state index in [1.807, 2.05) is 24.5 Å². The molecule has 0 saturated carbocycles. The molecule has 0 atom stereocenters. The number of esters is 1. The maximum atomic E-state index is 12.8. The summed E-state index contributed by atoms with van der Waals surface area (Å²) in [5.74, 6) is -0.977. The van der Waals surface area contributed by atoms with E-state index in [-0.39, 0.29) is 17.0 Å². The zero-order chi connectivity index (χ0) is 22.8. The van der Waals surface area contributed by atoms with Crippen LogP contribution in [0.25, 0.3) is 10.2 Å². The molecule has 3 aromatic rings. The normalized spacial score (nSPS) is 12.5. The summed E-state index contributed by atoms with van der Waals surface area (Å²) in [6.45, 7) is 3.13. The Balaban J connectivity index is 2.05. The molecular formula is C21H22N2O5S3. The molecule has 1 aromatic heterocycles. The number of carbonyl (C=O) groups is 2. The molecule has 10 heteroatoms. The molecule has 0 aliphatic rings. The van der Waals surface area contributed by atoms with Gasteiger partial charge in [0, 0.05) is 10.5 Å². The number of thioether (sulfide) groups is 1. The molecule has 0 fully saturated rings. The van der Waals surface area contributed by atoms with Crippen molar-refractivity contribution in [3.63, 3.8) is 0 Å². The summed E-state index contributed by atoms with van der Waals surface area (Å²) >= 11 is 2.89. The van der Waals surface area contributed by atoms with Crippen LogP contribution in [0.5, 0.6) is 0 Å². The van der Waals surface area contributed by atoms with Crippen LogP contribution in [0.2, 0.25) is 0 Å². The van der Waals surface area contributed by atoms with Gasteiger partial charge in [-0.25, -0.2) is 8.42 Å². The van der Waals surface area contributed by atoms with Crippen LogP contribution in [0.4, 0.5) is 0 Å². The van der Waals surface area contributed by atoms with E-state index in [9.17, 15) is 18.0 Å². The predicted octanol–water partition coefficient (Wildman–Crippen LogP) is 3.52. The number of ether oxygens (including phenoxy) is 1. The first kappa shape index (κ1) is 23.2. The van der Waals surface area contributed by atoms with Crippen LogP contribution in [0.1, 0.15) is 24.2 Å². The van der Waals surface area contributed by atoms with Gasteiger partial charge in [-0.05, 0) is 62.6 Å². The minimum atomic E-state index is -3.42. The zero-order valence-corrected chi connectivity index (χ0v) is 19.9. The molecule has 0 unspecified atom stereocenters. The SMILES string of the molecule is COC(=O)Cn1c(=NC(=O)c2ccc(S(=O)(=O)C(C)C)cc2)sc2cc(SC)ccc21. The maximum Gasteiger partial charge on any atom is 0.325 e. The lowest BCUT2D eigenvalue weighted by atomic mass is 10.2. The number of aromatic nitrogens is 1. The Labute approximate surface area is 188 Å². The molecule has 1 heterocycles. The second kappa shape index (κ2) is 9.37. The molecule has 0 bridgehead atoms. The summed E-state index contributed by atoms with van der Waals surface area (Å²) in [5.41, 5.74) is 1.03. The first-order valence-electron chi connectivity index (χ1n) is 9.34. The van der Waals surface area contributed by atoms with E-state index in [1.54, 1.807) is 30.2 Å². The largest absolute Gasteiger partial charge is 0.468 e. The van der Waals surface area contributed by atoms with Crippen LogP contribution >= 0.6 is 23.1 Å². The van der Waals surface area contributed by atoms with Gasteiger partial charge in [0.2, 0.25) is 0 Å². The van der Waals surface area contributed by atoms with Crippen LogP contribution in [-0.2, 0) is 25.9 Å². The van der Waals surface area contributed by atoms with E-state index in [2.05, 4.69) is 4.99 Å². The minimum Gasteiger partial charge on any atom is -0.468 e.